The molecule has 0 fully saturated rings. The first-order chi connectivity index (χ1) is 12.8. The van der Waals surface area contributed by atoms with Crippen LogP contribution in [0.1, 0.15) is 24.6 Å². The topological polar surface area (TPSA) is 71.5 Å². The third kappa shape index (κ3) is 4.84. The van der Waals surface area contributed by atoms with Crippen LogP contribution in [0, 0.1) is 6.92 Å². The van der Waals surface area contributed by atoms with Gasteiger partial charge in [-0.3, -0.25) is 9.67 Å². The average molecular weight is 353 g/mol. The number of pyridine rings is 1. The van der Waals surface area contributed by atoms with E-state index in [4.69, 9.17) is 4.98 Å². The molecule has 0 saturated carbocycles. The van der Waals surface area contributed by atoms with Crippen LogP contribution in [0.2, 0.25) is 0 Å². The highest BCUT2D eigenvalue weighted by atomic mass is 15.3. The van der Waals surface area contributed by atoms with Gasteiger partial charge in [0.1, 0.15) is 5.65 Å². The highest BCUT2D eigenvalue weighted by molar-refractivity contribution is 5.79. The Hall–Kier alpha value is -2.83. The second kappa shape index (κ2) is 9.03. The molecule has 0 aliphatic rings. The summed E-state index contributed by atoms with van der Waals surface area (Å²) >= 11 is 0. The molecule has 0 aromatic carbocycles. The number of hydrogen-bond acceptors (Lipinski definition) is 3. The lowest BCUT2D eigenvalue weighted by atomic mass is 10.3. The zero-order chi connectivity index (χ0) is 18.2. The molecule has 3 rings (SSSR count). The summed E-state index contributed by atoms with van der Waals surface area (Å²) in [6.45, 7) is 7.46. The summed E-state index contributed by atoms with van der Waals surface area (Å²) in [4.78, 5) is 9.34. The van der Waals surface area contributed by atoms with Crippen LogP contribution >= 0.6 is 0 Å². The fourth-order valence-electron chi connectivity index (χ4n) is 2.83. The van der Waals surface area contributed by atoms with Crippen LogP contribution in [0.3, 0.4) is 0 Å². The van der Waals surface area contributed by atoms with E-state index < -0.39 is 0 Å². The first-order valence-electron chi connectivity index (χ1n) is 9.19. The van der Waals surface area contributed by atoms with Crippen molar-refractivity contribution < 1.29 is 0 Å². The zero-order valence-corrected chi connectivity index (χ0v) is 15.5. The molecule has 7 nitrogen and oxygen atoms in total. The Bertz CT molecular complexity index is 833. The number of aromatic nitrogens is 4. The molecule has 0 bridgehead atoms. The van der Waals surface area contributed by atoms with E-state index in [1.807, 2.05) is 29.2 Å². The maximum absolute atomic E-state index is 4.71. The molecule has 3 aromatic rings. The second-order valence-electron chi connectivity index (χ2n) is 6.21. The molecule has 3 heterocycles. The molecule has 0 aliphatic heterocycles. The molecule has 138 valence electrons. The summed E-state index contributed by atoms with van der Waals surface area (Å²) in [6, 6.07) is 6.07. The molecule has 0 amide bonds. The standard InChI is InChI=1S/C19H27N7/c1-3-20-19(21-9-5-13-26-14-6-10-23-26)22-11-8-17-15-25-12-4-7-16(2)18(25)24-17/h4,6-7,10,12,14-15H,3,5,8-9,11,13H2,1-2H3,(H2,20,21,22). The molecule has 0 unspecified atom stereocenters. The van der Waals surface area contributed by atoms with Crippen LogP contribution < -0.4 is 10.6 Å². The van der Waals surface area contributed by atoms with Gasteiger partial charge in [-0.25, -0.2) is 4.98 Å². The molecule has 7 heteroatoms. The summed E-state index contributed by atoms with van der Waals surface area (Å²) in [6.07, 6.45) is 9.73. The zero-order valence-electron chi connectivity index (χ0n) is 15.5. The minimum Gasteiger partial charge on any atom is -0.357 e. The first kappa shape index (κ1) is 18.0. The molecule has 26 heavy (non-hydrogen) atoms. The molecule has 2 N–H and O–H groups in total. The van der Waals surface area contributed by atoms with Gasteiger partial charge in [0, 0.05) is 57.4 Å². The number of imidazole rings is 1. The van der Waals surface area contributed by atoms with E-state index in [2.05, 4.69) is 51.2 Å². The third-order valence-electron chi connectivity index (χ3n) is 4.12. The summed E-state index contributed by atoms with van der Waals surface area (Å²) in [5.41, 5.74) is 3.31. The fourth-order valence-corrected chi connectivity index (χ4v) is 2.83. The van der Waals surface area contributed by atoms with Gasteiger partial charge in [0.15, 0.2) is 5.96 Å². The Morgan fingerprint density at radius 3 is 2.92 bits per heavy atom. The smallest absolute Gasteiger partial charge is 0.191 e. The van der Waals surface area contributed by atoms with Crippen molar-refractivity contribution >= 4 is 11.6 Å². The van der Waals surface area contributed by atoms with Gasteiger partial charge in [-0.2, -0.15) is 5.10 Å². The highest BCUT2D eigenvalue weighted by Gasteiger charge is 2.04. The quantitative estimate of drug-likeness (QED) is 0.369. The van der Waals surface area contributed by atoms with E-state index in [-0.39, 0.29) is 0 Å². The van der Waals surface area contributed by atoms with Gasteiger partial charge < -0.3 is 15.0 Å². The highest BCUT2D eigenvalue weighted by Crippen LogP contribution is 2.09. The fraction of sp³-hybridized carbons (Fsp3) is 0.421. The van der Waals surface area contributed by atoms with E-state index in [1.165, 1.54) is 5.56 Å². The average Bonchev–Trinajstić information content (AvgIpc) is 3.28. The van der Waals surface area contributed by atoms with E-state index in [0.29, 0.717) is 0 Å². The number of rotatable bonds is 8. The number of guanidine groups is 1. The van der Waals surface area contributed by atoms with Gasteiger partial charge in [0.2, 0.25) is 0 Å². The van der Waals surface area contributed by atoms with Crippen molar-refractivity contribution in [1.29, 1.82) is 0 Å². The number of aryl methyl sites for hydroxylation is 2. The molecule has 3 aromatic heterocycles. The van der Waals surface area contributed by atoms with Crippen LogP contribution in [0.25, 0.3) is 5.65 Å². The Labute approximate surface area is 154 Å². The minimum atomic E-state index is 0.767. The number of fused-ring (bicyclic) bond motifs is 1. The van der Waals surface area contributed by atoms with Gasteiger partial charge in [-0.1, -0.05) is 6.07 Å². The number of nitrogens with one attached hydrogen (secondary N) is 2. The number of hydrogen-bond donors (Lipinski definition) is 2. The van der Waals surface area contributed by atoms with Crippen molar-refractivity contribution in [2.45, 2.75) is 33.2 Å². The minimum absolute atomic E-state index is 0.767. The van der Waals surface area contributed by atoms with Gasteiger partial charge in [0.05, 0.1) is 5.69 Å². The Morgan fingerprint density at radius 2 is 2.15 bits per heavy atom. The van der Waals surface area contributed by atoms with Crippen LogP contribution in [0.5, 0.6) is 0 Å². The summed E-state index contributed by atoms with van der Waals surface area (Å²) in [5, 5.41) is 10.9. The summed E-state index contributed by atoms with van der Waals surface area (Å²) in [5.74, 6) is 0.855. The number of aliphatic imine (C=N–C) groups is 1. The normalized spacial score (nSPS) is 11.8. The van der Waals surface area contributed by atoms with Crippen molar-refractivity contribution in [3.05, 3.63) is 54.2 Å². The third-order valence-corrected chi connectivity index (χ3v) is 4.12. The number of nitrogens with zero attached hydrogens (tertiary/aromatic N) is 5. The van der Waals surface area contributed by atoms with E-state index in [9.17, 15) is 0 Å². The van der Waals surface area contributed by atoms with E-state index in [0.717, 1.165) is 56.3 Å². The molecule has 0 aliphatic carbocycles. The molecule has 0 atom stereocenters. The molecule has 0 radical (unpaired) electrons. The van der Waals surface area contributed by atoms with Crippen LogP contribution in [-0.2, 0) is 13.0 Å². The molecule has 0 saturated heterocycles. The predicted molar refractivity (Wildman–Crippen MR) is 104 cm³/mol. The van der Waals surface area contributed by atoms with Crippen molar-refractivity contribution in [3.8, 4) is 0 Å². The van der Waals surface area contributed by atoms with Crippen molar-refractivity contribution in [3.63, 3.8) is 0 Å². The Kier molecular flexibility index (Phi) is 6.24. The molecular weight excluding hydrogens is 326 g/mol. The van der Waals surface area contributed by atoms with E-state index >= 15 is 0 Å². The predicted octanol–water partition coefficient (Wildman–Crippen LogP) is 2.03. The first-order valence-corrected chi connectivity index (χ1v) is 9.19. The Balaban J connectivity index is 1.47. The largest absolute Gasteiger partial charge is 0.357 e. The van der Waals surface area contributed by atoms with Gasteiger partial charge in [-0.05, 0) is 38.0 Å². The van der Waals surface area contributed by atoms with Crippen LogP contribution in [0.15, 0.2) is 48.0 Å². The van der Waals surface area contributed by atoms with Gasteiger partial charge >= 0.3 is 0 Å². The molecular formula is C19H27N7. The van der Waals surface area contributed by atoms with Crippen LogP contribution in [0.4, 0.5) is 0 Å². The maximum Gasteiger partial charge on any atom is 0.191 e. The van der Waals surface area contributed by atoms with E-state index in [1.54, 1.807) is 6.20 Å². The van der Waals surface area contributed by atoms with Crippen molar-refractivity contribution in [2.24, 2.45) is 4.99 Å². The van der Waals surface area contributed by atoms with Gasteiger partial charge in [0.25, 0.3) is 0 Å². The van der Waals surface area contributed by atoms with Crippen LogP contribution in [-0.4, -0.2) is 44.8 Å². The van der Waals surface area contributed by atoms with Crippen molar-refractivity contribution in [2.75, 3.05) is 19.6 Å². The van der Waals surface area contributed by atoms with Gasteiger partial charge in [-0.15, -0.1) is 0 Å². The monoisotopic (exact) mass is 353 g/mol. The summed E-state index contributed by atoms with van der Waals surface area (Å²) in [7, 11) is 0. The molecule has 0 spiro atoms. The lowest BCUT2D eigenvalue weighted by molar-refractivity contribution is 0.584. The lowest BCUT2D eigenvalue weighted by Gasteiger charge is -2.10. The summed E-state index contributed by atoms with van der Waals surface area (Å²) < 4.78 is 4.01. The lowest BCUT2D eigenvalue weighted by Crippen LogP contribution is -2.38. The Morgan fingerprint density at radius 1 is 1.23 bits per heavy atom. The second-order valence-corrected chi connectivity index (χ2v) is 6.21. The SMILES string of the molecule is CCNC(=NCCCn1cccn1)NCCc1cn2cccc(C)c2n1. The maximum atomic E-state index is 4.71. The van der Waals surface area contributed by atoms with Crippen molar-refractivity contribution in [1.82, 2.24) is 29.8 Å².